The van der Waals surface area contributed by atoms with Crippen LogP contribution in [-0.2, 0) is 14.3 Å². The number of Topliss-reactive ketones (excluding diaryl/α,β-unsaturated/α-hetero) is 1. The Balaban J connectivity index is 3.71. The van der Waals surface area contributed by atoms with Crippen LogP contribution in [0.15, 0.2) is 12.7 Å². The molecule has 15 heavy (non-hydrogen) atoms. The quantitative estimate of drug-likeness (QED) is 0.502. The molecule has 0 spiro atoms. The van der Waals surface area contributed by atoms with E-state index < -0.39 is 5.60 Å². The highest BCUT2D eigenvalue weighted by Gasteiger charge is 2.16. The number of carbonyl (C=O) groups excluding carboxylic acids is 2. The van der Waals surface area contributed by atoms with Gasteiger partial charge in [0.25, 0.3) is 0 Å². The highest BCUT2D eigenvalue weighted by Crippen LogP contribution is 2.09. The van der Waals surface area contributed by atoms with Crippen molar-refractivity contribution in [2.24, 2.45) is 0 Å². The highest BCUT2D eigenvalue weighted by molar-refractivity contribution is 5.83. The van der Waals surface area contributed by atoms with Gasteiger partial charge in [-0.3, -0.25) is 9.59 Å². The molecule has 0 saturated heterocycles. The SMILES string of the molecule is C=CCCC(=O)CCC(=O)OC(C)(C)C. The fourth-order valence-corrected chi connectivity index (χ4v) is 1.02. The molecule has 3 heteroatoms. The topological polar surface area (TPSA) is 43.4 Å². The lowest BCUT2D eigenvalue weighted by atomic mass is 10.1. The van der Waals surface area contributed by atoms with E-state index in [-0.39, 0.29) is 24.6 Å². The molecule has 0 bridgehead atoms. The van der Waals surface area contributed by atoms with Gasteiger partial charge in [-0.1, -0.05) is 6.08 Å². The summed E-state index contributed by atoms with van der Waals surface area (Å²) in [4.78, 5) is 22.5. The van der Waals surface area contributed by atoms with Crippen LogP contribution in [0, 0.1) is 0 Å². The molecular weight excluding hydrogens is 192 g/mol. The minimum atomic E-state index is -0.471. The van der Waals surface area contributed by atoms with Gasteiger partial charge in [0.2, 0.25) is 0 Å². The first-order valence-corrected chi connectivity index (χ1v) is 5.19. The number of ketones is 1. The Morgan fingerprint density at radius 3 is 2.27 bits per heavy atom. The molecule has 0 aliphatic rings. The smallest absolute Gasteiger partial charge is 0.306 e. The van der Waals surface area contributed by atoms with Crippen molar-refractivity contribution in [2.75, 3.05) is 0 Å². The van der Waals surface area contributed by atoms with Gasteiger partial charge in [0.05, 0.1) is 6.42 Å². The maximum Gasteiger partial charge on any atom is 0.306 e. The standard InChI is InChI=1S/C12H20O3/c1-5-6-7-10(13)8-9-11(14)15-12(2,3)4/h5H,1,6-9H2,2-4H3. The fourth-order valence-electron chi connectivity index (χ4n) is 1.02. The maximum atomic E-state index is 11.2. The Bertz CT molecular complexity index is 236. The average molecular weight is 212 g/mol. The number of hydrogen-bond acceptors (Lipinski definition) is 3. The van der Waals surface area contributed by atoms with Gasteiger partial charge in [0, 0.05) is 12.8 Å². The third kappa shape index (κ3) is 9.19. The van der Waals surface area contributed by atoms with Crippen LogP contribution in [0.4, 0.5) is 0 Å². The molecule has 0 saturated carbocycles. The molecule has 0 amide bonds. The number of carbonyl (C=O) groups is 2. The first-order valence-electron chi connectivity index (χ1n) is 5.19. The van der Waals surface area contributed by atoms with Crippen LogP contribution >= 0.6 is 0 Å². The molecule has 0 unspecified atom stereocenters. The normalized spacial score (nSPS) is 10.9. The summed E-state index contributed by atoms with van der Waals surface area (Å²) in [7, 11) is 0. The number of esters is 1. The predicted octanol–water partition coefficient (Wildman–Crippen LogP) is 2.64. The van der Waals surface area contributed by atoms with Gasteiger partial charge >= 0.3 is 5.97 Å². The first-order chi connectivity index (χ1) is 6.85. The Morgan fingerprint density at radius 1 is 1.20 bits per heavy atom. The van der Waals surface area contributed by atoms with Gasteiger partial charge in [-0.15, -0.1) is 6.58 Å². The molecule has 3 nitrogen and oxygen atoms in total. The van der Waals surface area contributed by atoms with E-state index in [0.717, 1.165) is 0 Å². The molecule has 0 fully saturated rings. The van der Waals surface area contributed by atoms with Crippen LogP contribution in [0.5, 0.6) is 0 Å². The summed E-state index contributed by atoms with van der Waals surface area (Å²) in [5.74, 6) is -0.227. The summed E-state index contributed by atoms with van der Waals surface area (Å²) in [6, 6.07) is 0. The highest BCUT2D eigenvalue weighted by atomic mass is 16.6. The lowest BCUT2D eigenvalue weighted by Crippen LogP contribution is -2.24. The number of hydrogen-bond donors (Lipinski definition) is 0. The van der Waals surface area contributed by atoms with Crippen molar-refractivity contribution < 1.29 is 14.3 Å². The molecule has 0 aliphatic carbocycles. The van der Waals surface area contributed by atoms with Crippen LogP contribution in [-0.4, -0.2) is 17.4 Å². The van der Waals surface area contributed by atoms with Gasteiger partial charge in [-0.2, -0.15) is 0 Å². The predicted molar refractivity (Wildman–Crippen MR) is 59.5 cm³/mol. The zero-order chi connectivity index (χ0) is 11.9. The van der Waals surface area contributed by atoms with Crippen molar-refractivity contribution in [1.82, 2.24) is 0 Å². The zero-order valence-corrected chi connectivity index (χ0v) is 9.84. The van der Waals surface area contributed by atoms with E-state index in [0.29, 0.717) is 12.8 Å². The summed E-state index contributed by atoms with van der Waals surface area (Å²) >= 11 is 0. The summed E-state index contributed by atoms with van der Waals surface area (Å²) in [6.07, 6.45) is 3.28. The van der Waals surface area contributed by atoms with Gasteiger partial charge in [0.15, 0.2) is 0 Å². The van der Waals surface area contributed by atoms with Gasteiger partial charge in [-0.25, -0.2) is 0 Å². The summed E-state index contributed by atoms with van der Waals surface area (Å²) in [5, 5.41) is 0. The van der Waals surface area contributed by atoms with Crippen molar-refractivity contribution in [3.05, 3.63) is 12.7 Å². The molecular formula is C12H20O3. The summed E-state index contributed by atoms with van der Waals surface area (Å²) in [6.45, 7) is 8.96. The van der Waals surface area contributed by atoms with Crippen LogP contribution in [0.3, 0.4) is 0 Å². The van der Waals surface area contributed by atoms with E-state index >= 15 is 0 Å². The number of rotatable bonds is 6. The second-order valence-electron chi connectivity index (χ2n) is 4.45. The van der Waals surface area contributed by atoms with E-state index in [9.17, 15) is 9.59 Å². The van der Waals surface area contributed by atoms with E-state index in [2.05, 4.69) is 6.58 Å². The van der Waals surface area contributed by atoms with Crippen molar-refractivity contribution >= 4 is 11.8 Å². The second-order valence-corrected chi connectivity index (χ2v) is 4.45. The molecule has 0 aliphatic heterocycles. The molecule has 0 N–H and O–H groups in total. The minimum absolute atomic E-state index is 0.0840. The third-order valence-corrected chi connectivity index (χ3v) is 1.66. The Morgan fingerprint density at radius 2 is 1.80 bits per heavy atom. The molecule has 0 heterocycles. The average Bonchev–Trinajstić information content (AvgIpc) is 2.08. The van der Waals surface area contributed by atoms with Crippen molar-refractivity contribution in [3.8, 4) is 0 Å². The van der Waals surface area contributed by atoms with E-state index in [1.807, 2.05) is 20.8 Å². The van der Waals surface area contributed by atoms with Crippen LogP contribution in [0.25, 0.3) is 0 Å². The molecule has 0 aromatic heterocycles. The van der Waals surface area contributed by atoms with Crippen LogP contribution in [0.1, 0.15) is 46.5 Å². The third-order valence-electron chi connectivity index (χ3n) is 1.66. The van der Waals surface area contributed by atoms with E-state index in [1.54, 1.807) is 6.08 Å². The molecule has 0 atom stereocenters. The van der Waals surface area contributed by atoms with Gasteiger partial charge in [-0.05, 0) is 27.2 Å². The summed E-state index contributed by atoms with van der Waals surface area (Å²) in [5.41, 5.74) is -0.471. The largest absolute Gasteiger partial charge is 0.460 e. The fraction of sp³-hybridized carbons (Fsp3) is 0.667. The van der Waals surface area contributed by atoms with E-state index in [1.165, 1.54) is 0 Å². The molecule has 86 valence electrons. The molecule has 0 aromatic rings. The second kappa shape index (κ2) is 6.38. The van der Waals surface area contributed by atoms with E-state index in [4.69, 9.17) is 4.74 Å². The molecule has 0 radical (unpaired) electrons. The van der Waals surface area contributed by atoms with Crippen molar-refractivity contribution in [2.45, 2.75) is 52.1 Å². The Kier molecular flexibility index (Phi) is 5.90. The van der Waals surface area contributed by atoms with Gasteiger partial charge < -0.3 is 4.74 Å². The van der Waals surface area contributed by atoms with Crippen molar-refractivity contribution in [1.29, 1.82) is 0 Å². The van der Waals surface area contributed by atoms with Crippen molar-refractivity contribution in [3.63, 3.8) is 0 Å². The molecule has 0 aromatic carbocycles. The van der Waals surface area contributed by atoms with Gasteiger partial charge in [0.1, 0.15) is 11.4 Å². The minimum Gasteiger partial charge on any atom is -0.460 e. The Labute approximate surface area is 91.5 Å². The summed E-state index contributed by atoms with van der Waals surface area (Å²) < 4.78 is 5.08. The van der Waals surface area contributed by atoms with Crippen LogP contribution < -0.4 is 0 Å². The lowest BCUT2D eigenvalue weighted by Gasteiger charge is -2.19. The number of ether oxygens (including phenoxy) is 1. The Hall–Kier alpha value is -1.12. The molecule has 0 rings (SSSR count). The van der Waals surface area contributed by atoms with Crippen LogP contribution in [0.2, 0.25) is 0 Å². The first kappa shape index (κ1) is 13.9. The lowest BCUT2D eigenvalue weighted by molar-refractivity contribution is -0.155. The number of allylic oxidation sites excluding steroid dienone is 1. The monoisotopic (exact) mass is 212 g/mol. The zero-order valence-electron chi connectivity index (χ0n) is 9.84. The maximum absolute atomic E-state index is 11.2.